The minimum absolute atomic E-state index is 0.205. The summed E-state index contributed by atoms with van der Waals surface area (Å²) in [6.45, 7) is 12.8. The van der Waals surface area contributed by atoms with E-state index in [9.17, 15) is 4.79 Å². The van der Waals surface area contributed by atoms with Crippen LogP contribution in [0.4, 0.5) is 23.1 Å². The zero-order valence-electron chi connectivity index (χ0n) is 22.9. The standard InChI is InChI=1S/C29H35N9O/c1-5-37-11-13-38(14-12-37)28-31-17-24-25(36-28)26(33-18-32-24)35-23-16-22(10-9-19(23)2)34-27(39)20-7-6-8-21(15-20)29(3,4)30/h6-10,15-18H,5,11-14,30H2,1-4H3,(H,34,39)(H,32,33,35). The van der Waals surface area contributed by atoms with E-state index in [0.717, 1.165) is 49.5 Å². The minimum Gasteiger partial charge on any atom is -0.338 e. The second-order valence-corrected chi connectivity index (χ2v) is 10.5. The molecule has 2 aromatic heterocycles. The topological polar surface area (TPSA) is 125 Å². The fourth-order valence-electron chi connectivity index (χ4n) is 4.58. The molecule has 0 unspecified atom stereocenters. The predicted molar refractivity (Wildman–Crippen MR) is 156 cm³/mol. The number of amides is 1. The Hall–Kier alpha value is -4.15. The van der Waals surface area contributed by atoms with Crippen LogP contribution in [-0.4, -0.2) is 63.5 Å². The van der Waals surface area contributed by atoms with Crippen molar-refractivity contribution in [1.29, 1.82) is 0 Å². The smallest absolute Gasteiger partial charge is 0.255 e. The molecular formula is C29H35N9O. The molecule has 3 heterocycles. The molecule has 202 valence electrons. The van der Waals surface area contributed by atoms with Gasteiger partial charge in [0.25, 0.3) is 5.91 Å². The summed E-state index contributed by atoms with van der Waals surface area (Å²) in [7, 11) is 0. The molecule has 1 fully saturated rings. The van der Waals surface area contributed by atoms with Crippen molar-refractivity contribution in [3.8, 4) is 0 Å². The molecule has 2 aromatic carbocycles. The van der Waals surface area contributed by atoms with Crippen molar-refractivity contribution in [2.24, 2.45) is 5.73 Å². The van der Waals surface area contributed by atoms with Crippen LogP contribution in [0, 0.1) is 6.92 Å². The van der Waals surface area contributed by atoms with E-state index < -0.39 is 5.54 Å². The van der Waals surface area contributed by atoms with Crippen LogP contribution in [-0.2, 0) is 5.54 Å². The second-order valence-electron chi connectivity index (χ2n) is 10.5. The third-order valence-electron chi connectivity index (χ3n) is 7.08. The van der Waals surface area contributed by atoms with Crippen molar-refractivity contribution in [2.45, 2.75) is 33.2 Å². The maximum Gasteiger partial charge on any atom is 0.255 e. The van der Waals surface area contributed by atoms with Gasteiger partial charge in [0.1, 0.15) is 17.4 Å². The summed E-state index contributed by atoms with van der Waals surface area (Å²) in [5, 5.41) is 6.41. The zero-order chi connectivity index (χ0) is 27.6. The first-order chi connectivity index (χ1) is 18.7. The van der Waals surface area contributed by atoms with Gasteiger partial charge >= 0.3 is 0 Å². The van der Waals surface area contributed by atoms with Gasteiger partial charge in [0.15, 0.2) is 5.82 Å². The fraction of sp³-hybridized carbons (Fsp3) is 0.345. The predicted octanol–water partition coefficient (Wildman–Crippen LogP) is 4.06. The molecule has 39 heavy (non-hydrogen) atoms. The number of fused-ring (bicyclic) bond motifs is 1. The molecular weight excluding hydrogens is 490 g/mol. The summed E-state index contributed by atoms with van der Waals surface area (Å²) in [5.74, 6) is 1.06. The van der Waals surface area contributed by atoms with Crippen molar-refractivity contribution < 1.29 is 4.79 Å². The molecule has 4 N–H and O–H groups in total. The number of anilines is 4. The third kappa shape index (κ3) is 5.97. The van der Waals surface area contributed by atoms with Gasteiger partial charge in [-0.15, -0.1) is 0 Å². The molecule has 4 aromatic rings. The number of benzene rings is 2. The molecule has 0 aliphatic carbocycles. The Bertz CT molecular complexity index is 1490. The van der Waals surface area contributed by atoms with Crippen LogP contribution < -0.4 is 21.3 Å². The lowest BCUT2D eigenvalue weighted by atomic mass is 9.94. The number of aromatic nitrogens is 4. The highest BCUT2D eigenvalue weighted by atomic mass is 16.1. The molecule has 1 saturated heterocycles. The Morgan fingerprint density at radius 1 is 1.05 bits per heavy atom. The lowest BCUT2D eigenvalue weighted by Gasteiger charge is -2.34. The number of nitrogens with two attached hydrogens (primary N) is 1. The lowest BCUT2D eigenvalue weighted by molar-refractivity contribution is 0.102. The maximum absolute atomic E-state index is 13.0. The highest BCUT2D eigenvalue weighted by Gasteiger charge is 2.20. The summed E-state index contributed by atoms with van der Waals surface area (Å²) in [4.78, 5) is 35.9. The van der Waals surface area contributed by atoms with Crippen molar-refractivity contribution in [1.82, 2.24) is 24.8 Å². The van der Waals surface area contributed by atoms with E-state index in [4.69, 9.17) is 10.7 Å². The number of carbonyl (C=O) groups excluding carboxylic acids is 1. The van der Waals surface area contributed by atoms with Gasteiger partial charge in [0.05, 0.1) is 6.20 Å². The number of nitrogens with zero attached hydrogens (tertiary/aromatic N) is 6. The Balaban J connectivity index is 1.38. The van der Waals surface area contributed by atoms with Crippen LogP contribution in [0.25, 0.3) is 11.0 Å². The molecule has 10 nitrogen and oxygen atoms in total. The van der Waals surface area contributed by atoms with Crippen LogP contribution >= 0.6 is 0 Å². The summed E-state index contributed by atoms with van der Waals surface area (Å²) in [6, 6.07) is 13.1. The Kier molecular flexibility index (Phi) is 7.40. The zero-order valence-corrected chi connectivity index (χ0v) is 22.9. The van der Waals surface area contributed by atoms with Gasteiger partial charge in [-0.3, -0.25) is 4.79 Å². The van der Waals surface area contributed by atoms with E-state index in [1.807, 2.05) is 57.2 Å². The maximum atomic E-state index is 13.0. The molecule has 0 saturated carbocycles. The summed E-state index contributed by atoms with van der Waals surface area (Å²) >= 11 is 0. The number of hydrogen-bond donors (Lipinski definition) is 3. The summed E-state index contributed by atoms with van der Waals surface area (Å²) < 4.78 is 0. The van der Waals surface area contributed by atoms with Gasteiger partial charge in [0, 0.05) is 48.7 Å². The molecule has 0 bridgehead atoms. The van der Waals surface area contributed by atoms with Crippen molar-refractivity contribution in [3.05, 3.63) is 71.7 Å². The van der Waals surface area contributed by atoms with E-state index in [1.54, 1.807) is 12.3 Å². The molecule has 1 aliphatic heterocycles. The average molecular weight is 526 g/mol. The lowest BCUT2D eigenvalue weighted by Crippen LogP contribution is -2.46. The molecule has 1 amide bonds. The van der Waals surface area contributed by atoms with Gasteiger partial charge in [-0.25, -0.2) is 19.9 Å². The molecule has 10 heteroatoms. The highest BCUT2D eigenvalue weighted by Crippen LogP contribution is 2.28. The van der Waals surface area contributed by atoms with Gasteiger partial charge in [0.2, 0.25) is 5.95 Å². The molecule has 0 radical (unpaired) electrons. The van der Waals surface area contributed by atoms with Crippen molar-refractivity contribution >= 4 is 40.1 Å². The second kappa shape index (κ2) is 10.9. The molecule has 1 aliphatic rings. The van der Waals surface area contributed by atoms with Gasteiger partial charge in [-0.1, -0.05) is 25.1 Å². The number of aryl methyl sites for hydroxylation is 1. The van der Waals surface area contributed by atoms with Crippen molar-refractivity contribution in [3.63, 3.8) is 0 Å². The summed E-state index contributed by atoms with van der Waals surface area (Å²) in [5.41, 5.74) is 10.9. The number of piperazine rings is 1. The van der Waals surface area contributed by atoms with Crippen molar-refractivity contribution in [2.75, 3.05) is 48.3 Å². The number of likely N-dealkylation sites (N-methyl/N-ethyl adjacent to an activating group) is 1. The third-order valence-corrected chi connectivity index (χ3v) is 7.08. The molecule has 5 rings (SSSR count). The van der Waals surface area contributed by atoms with Gasteiger partial charge < -0.3 is 26.2 Å². The first-order valence-electron chi connectivity index (χ1n) is 13.2. The quantitative estimate of drug-likeness (QED) is 0.327. The Morgan fingerprint density at radius 3 is 2.59 bits per heavy atom. The number of rotatable bonds is 7. The van der Waals surface area contributed by atoms with E-state index in [2.05, 4.69) is 42.3 Å². The van der Waals surface area contributed by atoms with E-state index in [1.165, 1.54) is 6.33 Å². The minimum atomic E-state index is -0.537. The molecule has 0 atom stereocenters. The van der Waals surface area contributed by atoms with E-state index in [0.29, 0.717) is 34.1 Å². The van der Waals surface area contributed by atoms with Gasteiger partial charge in [-0.05, 0) is 62.7 Å². The Labute approximate surface area is 228 Å². The van der Waals surface area contributed by atoms with Crippen LogP contribution in [0.3, 0.4) is 0 Å². The normalized spacial score (nSPS) is 14.4. The monoisotopic (exact) mass is 525 g/mol. The molecule has 0 spiro atoms. The SMILES string of the molecule is CCN1CCN(c2ncc3ncnc(Nc4cc(NC(=O)c5cccc(C(C)(C)N)c5)ccc4C)c3n2)CC1. The summed E-state index contributed by atoms with van der Waals surface area (Å²) in [6.07, 6.45) is 3.25. The fourth-order valence-corrected chi connectivity index (χ4v) is 4.58. The van der Waals surface area contributed by atoms with E-state index in [-0.39, 0.29) is 5.91 Å². The van der Waals surface area contributed by atoms with E-state index >= 15 is 0 Å². The average Bonchev–Trinajstić information content (AvgIpc) is 2.94. The Morgan fingerprint density at radius 2 is 1.85 bits per heavy atom. The first-order valence-corrected chi connectivity index (χ1v) is 13.2. The largest absolute Gasteiger partial charge is 0.338 e. The number of hydrogen-bond acceptors (Lipinski definition) is 9. The van der Waals surface area contributed by atoms with Crippen LogP contribution in [0.15, 0.2) is 55.0 Å². The highest BCUT2D eigenvalue weighted by molar-refractivity contribution is 6.04. The van der Waals surface area contributed by atoms with Crippen LogP contribution in [0.2, 0.25) is 0 Å². The van der Waals surface area contributed by atoms with Crippen LogP contribution in [0.1, 0.15) is 42.3 Å². The number of nitrogens with one attached hydrogen (secondary N) is 2. The van der Waals surface area contributed by atoms with Gasteiger partial charge in [-0.2, -0.15) is 0 Å². The first kappa shape index (κ1) is 26.5. The number of carbonyl (C=O) groups is 1. The van der Waals surface area contributed by atoms with Crippen LogP contribution in [0.5, 0.6) is 0 Å².